The predicted molar refractivity (Wildman–Crippen MR) is 76.8 cm³/mol. The van der Waals surface area contributed by atoms with Gasteiger partial charge in [0.1, 0.15) is 23.3 Å². The highest BCUT2D eigenvalue weighted by atomic mass is 35.5. The lowest BCUT2D eigenvalue weighted by molar-refractivity contribution is 0.288. The van der Waals surface area contributed by atoms with Gasteiger partial charge in [0.15, 0.2) is 0 Å². The van der Waals surface area contributed by atoms with Crippen molar-refractivity contribution in [3.8, 4) is 5.75 Å². The Bertz CT molecular complexity index is 569. The Labute approximate surface area is 122 Å². The molecule has 0 aliphatic heterocycles. The summed E-state index contributed by atoms with van der Waals surface area (Å²) < 4.78 is 7.57. The van der Waals surface area contributed by atoms with Crippen LogP contribution in [0.15, 0.2) is 24.4 Å². The van der Waals surface area contributed by atoms with Crippen molar-refractivity contribution in [3.63, 3.8) is 0 Å². The van der Waals surface area contributed by atoms with Gasteiger partial charge >= 0.3 is 0 Å². The molecule has 2 aromatic rings. The van der Waals surface area contributed by atoms with E-state index in [4.69, 9.17) is 27.9 Å². The highest BCUT2D eigenvalue weighted by molar-refractivity contribution is 6.31. The van der Waals surface area contributed by atoms with Crippen LogP contribution in [0.25, 0.3) is 0 Å². The standard InChI is InChI=1S/C13H15Cl2N3O/c1-16-6-9-10(14)4-3-5-11(9)19-8-13-17-7-12(15)18(13)2/h3-5,7,16H,6,8H2,1-2H3. The van der Waals surface area contributed by atoms with E-state index in [1.807, 2.05) is 32.3 Å². The van der Waals surface area contributed by atoms with Gasteiger partial charge in [-0.2, -0.15) is 0 Å². The van der Waals surface area contributed by atoms with Crippen LogP contribution in [0.1, 0.15) is 11.4 Å². The largest absolute Gasteiger partial charge is 0.485 e. The fourth-order valence-corrected chi connectivity index (χ4v) is 2.10. The van der Waals surface area contributed by atoms with Crippen LogP contribution in [0, 0.1) is 0 Å². The van der Waals surface area contributed by atoms with E-state index in [0.29, 0.717) is 23.3 Å². The second kappa shape index (κ2) is 6.28. The quantitative estimate of drug-likeness (QED) is 0.922. The van der Waals surface area contributed by atoms with E-state index in [9.17, 15) is 0 Å². The van der Waals surface area contributed by atoms with Crippen LogP contribution in [0.2, 0.25) is 10.2 Å². The normalized spacial score (nSPS) is 10.7. The van der Waals surface area contributed by atoms with Crippen molar-refractivity contribution in [2.75, 3.05) is 7.05 Å². The molecule has 1 aromatic carbocycles. The van der Waals surface area contributed by atoms with Crippen molar-refractivity contribution in [2.24, 2.45) is 7.05 Å². The van der Waals surface area contributed by atoms with Gasteiger partial charge < -0.3 is 14.6 Å². The Morgan fingerprint density at radius 1 is 1.37 bits per heavy atom. The van der Waals surface area contributed by atoms with E-state index in [2.05, 4.69) is 10.3 Å². The van der Waals surface area contributed by atoms with Crippen LogP contribution in [-0.2, 0) is 20.2 Å². The van der Waals surface area contributed by atoms with Gasteiger partial charge in [0, 0.05) is 24.2 Å². The summed E-state index contributed by atoms with van der Waals surface area (Å²) in [6.07, 6.45) is 1.60. The third kappa shape index (κ3) is 3.21. The van der Waals surface area contributed by atoms with E-state index in [1.54, 1.807) is 10.8 Å². The number of rotatable bonds is 5. The zero-order valence-corrected chi connectivity index (χ0v) is 12.3. The second-order valence-electron chi connectivity index (χ2n) is 4.09. The molecule has 4 nitrogen and oxygen atoms in total. The molecule has 0 unspecified atom stereocenters. The zero-order valence-electron chi connectivity index (χ0n) is 10.8. The van der Waals surface area contributed by atoms with Crippen molar-refractivity contribution in [1.29, 1.82) is 0 Å². The fraction of sp³-hybridized carbons (Fsp3) is 0.308. The number of nitrogens with one attached hydrogen (secondary N) is 1. The molecule has 0 spiro atoms. The fourth-order valence-electron chi connectivity index (χ4n) is 1.72. The number of benzene rings is 1. The summed E-state index contributed by atoms with van der Waals surface area (Å²) in [4.78, 5) is 4.19. The Kier molecular flexibility index (Phi) is 4.69. The number of halogens is 2. The maximum atomic E-state index is 6.16. The number of aromatic nitrogens is 2. The number of hydrogen-bond acceptors (Lipinski definition) is 3. The van der Waals surface area contributed by atoms with E-state index in [0.717, 1.165) is 17.1 Å². The first-order valence-electron chi connectivity index (χ1n) is 5.84. The van der Waals surface area contributed by atoms with E-state index in [-0.39, 0.29) is 0 Å². The van der Waals surface area contributed by atoms with Gasteiger partial charge in [0.25, 0.3) is 0 Å². The van der Waals surface area contributed by atoms with Gasteiger partial charge in [-0.3, -0.25) is 0 Å². The molecule has 1 heterocycles. The van der Waals surface area contributed by atoms with Gasteiger partial charge in [-0.1, -0.05) is 29.3 Å². The minimum absolute atomic E-state index is 0.347. The third-order valence-electron chi connectivity index (χ3n) is 2.81. The molecule has 0 fully saturated rings. The lowest BCUT2D eigenvalue weighted by atomic mass is 10.2. The molecule has 19 heavy (non-hydrogen) atoms. The van der Waals surface area contributed by atoms with Crippen LogP contribution < -0.4 is 10.1 Å². The average molecular weight is 300 g/mol. The topological polar surface area (TPSA) is 39.1 Å². The molecule has 102 valence electrons. The molecular weight excluding hydrogens is 285 g/mol. The summed E-state index contributed by atoms with van der Waals surface area (Å²) in [5, 5.41) is 4.34. The van der Waals surface area contributed by atoms with E-state index < -0.39 is 0 Å². The van der Waals surface area contributed by atoms with E-state index in [1.165, 1.54) is 0 Å². The van der Waals surface area contributed by atoms with Crippen LogP contribution in [-0.4, -0.2) is 16.6 Å². The molecule has 0 saturated heterocycles. The van der Waals surface area contributed by atoms with E-state index >= 15 is 0 Å². The average Bonchev–Trinajstić information content (AvgIpc) is 2.71. The number of imidazole rings is 1. The molecule has 1 aromatic heterocycles. The summed E-state index contributed by atoms with van der Waals surface area (Å²) >= 11 is 12.1. The first-order valence-corrected chi connectivity index (χ1v) is 6.60. The molecule has 1 N–H and O–H groups in total. The maximum absolute atomic E-state index is 6.16. The molecule has 0 bridgehead atoms. The summed E-state index contributed by atoms with van der Waals surface area (Å²) in [5.74, 6) is 1.52. The molecule has 0 amide bonds. The minimum atomic E-state index is 0.347. The SMILES string of the molecule is CNCc1c(Cl)cccc1OCc1ncc(Cl)n1C. The summed E-state index contributed by atoms with van der Waals surface area (Å²) in [6, 6.07) is 5.60. The first-order chi connectivity index (χ1) is 9.13. The molecule has 6 heteroatoms. The lowest BCUT2D eigenvalue weighted by Crippen LogP contribution is -2.09. The molecule has 0 atom stereocenters. The van der Waals surface area contributed by atoms with Crippen molar-refractivity contribution in [1.82, 2.24) is 14.9 Å². The van der Waals surface area contributed by atoms with Crippen LogP contribution in [0.3, 0.4) is 0 Å². The zero-order chi connectivity index (χ0) is 13.8. The first kappa shape index (κ1) is 14.2. The van der Waals surface area contributed by atoms with Crippen molar-refractivity contribution in [3.05, 3.63) is 46.0 Å². The van der Waals surface area contributed by atoms with Gasteiger partial charge in [0.2, 0.25) is 0 Å². The highest BCUT2D eigenvalue weighted by Crippen LogP contribution is 2.27. The van der Waals surface area contributed by atoms with Gasteiger partial charge in [-0.05, 0) is 19.2 Å². The highest BCUT2D eigenvalue weighted by Gasteiger charge is 2.10. The van der Waals surface area contributed by atoms with Gasteiger partial charge in [-0.15, -0.1) is 0 Å². The molecule has 0 radical (unpaired) electrons. The monoisotopic (exact) mass is 299 g/mol. The summed E-state index contributed by atoms with van der Waals surface area (Å²) in [6.45, 7) is 0.997. The van der Waals surface area contributed by atoms with Crippen molar-refractivity contribution in [2.45, 2.75) is 13.2 Å². The van der Waals surface area contributed by atoms with Crippen molar-refractivity contribution >= 4 is 23.2 Å². The Morgan fingerprint density at radius 3 is 2.79 bits per heavy atom. The maximum Gasteiger partial charge on any atom is 0.147 e. The molecular formula is C13H15Cl2N3O. The predicted octanol–water partition coefficient (Wildman–Crippen LogP) is 3.03. The number of nitrogens with zero attached hydrogens (tertiary/aromatic N) is 2. The van der Waals surface area contributed by atoms with Crippen molar-refractivity contribution < 1.29 is 4.74 Å². The third-order valence-corrected chi connectivity index (χ3v) is 3.52. The second-order valence-corrected chi connectivity index (χ2v) is 4.89. The Balaban J connectivity index is 2.15. The van der Waals surface area contributed by atoms with Crippen LogP contribution in [0.4, 0.5) is 0 Å². The number of hydrogen-bond donors (Lipinski definition) is 1. The van der Waals surface area contributed by atoms with Crippen LogP contribution in [0.5, 0.6) is 5.75 Å². The Morgan fingerprint density at radius 2 is 2.16 bits per heavy atom. The minimum Gasteiger partial charge on any atom is -0.485 e. The smallest absolute Gasteiger partial charge is 0.147 e. The van der Waals surface area contributed by atoms with Gasteiger partial charge in [0.05, 0.1) is 6.20 Å². The number of ether oxygens (including phenoxy) is 1. The Hall–Kier alpha value is -1.23. The molecule has 0 aliphatic rings. The molecule has 2 rings (SSSR count). The van der Waals surface area contributed by atoms with Crippen LogP contribution >= 0.6 is 23.2 Å². The molecule has 0 aliphatic carbocycles. The molecule has 0 saturated carbocycles. The summed E-state index contributed by atoms with van der Waals surface area (Å²) in [5.41, 5.74) is 0.937. The lowest BCUT2D eigenvalue weighted by Gasteiger charge is -2.12. The van der Waals surface area contributed by atoms with Gasteiger partial charge in [-0.25, -0.2) is 4.98 Å². The summed E-state index contributed by atoms with van der Waals surface area (Å²) in [7, 11) is 3.71.